The Kier molecular flexibility index (Phi) is 6.03. The highest BCUT2D eigenvalue weighted by atomic mass is 32.1. The first kappa shape index (κ1) is 21.9. The van der Waals surface area contributed by atoms with Crippen molar-refractivity contribution in [1.82, 2.24) is 20.2 Å². The van der Waals surface area contributed by atoms with Crippen molar-refractivity contribution in [2.45, 2.75) is 64.8 Å². The lowest BCUT2D eigenvalue weighted by Gasteiger charge is -2.20. The number of fused-ring (bicyclic) bond motifs is 2. The van der Waals surface area contributed by atoms with E-state index in [4.69, 9.17) is 0 Å². The van der Waals surface area contributed by atoms with Gasteiger partial charge in [-0.3, -0.25) is 14.2 Å². The second-order valence-electron chi connectivity index (χ2n) is 8.83. The van der Waals surface area contributed by atoms with Gasteiger partial charge in [0, 0.05) is 34.7 Å². The van der Waals surface area contributed by atoms with Crippen LogP contribution in [0.15, 0.2) is 41.3 Å². The second kappa shape index (κ2) is 9.11. The van der Waals surface area contributed by atoms with E-state index >= 15 is 0 Å². The summed E-state index contributed by atoms with van der Waals surface area (Å²) in [5, 5.41) is 9.70. The summed E-state index contributed by atoms with van der Waals surface area (Å²) in [7, 11) is 0. The Balaban J connectivity index is 1.32. The normalized spacial score (nSPS) is 17.5. The molecule has 0 unspecified atom stereocenters. The van der Waals surface area contributed by atoms with Crippen LogP contribution in [0.5, 0.6) is 0 Å². The number of amides is 1. The molecule has 33 heavy (non-hydrogen) atoms. The van der Waals surface area contributed by atoms with E-state index in [-0.39, 0.29) is 17.5 Å². The minimum Gasteiger partial charge on any atom is -0.359 e. The molecule has 0 radical (unpaired) electrons. The zero-order valence-electron chi connectivity index (χ0n) is 19.0. The summed E-state index contributed by atoms with van der Waals surface area (Å²) in [5.74, 6) is 0.193. The highest BCUT2D eigenvalue weighted by molar-refractivity contribution is 7.12. The number of thiophene rings is 1. The Morgan fingerprint density at radius 3 is 2.88 bits per heavy atom. The highest BCUT2D eigenvalue weighted by Crippen LogP contribution is 2.28. The number of aromatic nitrogens is 2. The predicted molar refractivity (Wildman–Crippen MR) is 130 cm³/mol. The molecule has 0 aliphatic carbocycles. The number of benzene rings is 1. The third-order valence-corrected chi connectivity index (χ3v) is 7.72. The SMILES string of the molecule is CC[C@@H](Nc1ncc2n(c1=O)[C@H](C(=O)NCc1cc3c(s1)CNC3)CC2)c1ccc(C)cc1. The molecule has 2 aliphatic heterocycles. The predicted octanol–water partition coefficient (Wildman–Crippen LogP) is 3.58. The average molecular weight is 464 g/mol. The maximum Gasteiger partial charge on any atom is 0.294 e. The molecule has 4 heterocycles. The summed E-state index contributed by atoms with van der Waals surface area (Å²) in [6.07, 6.45) is 3.84. The van der Waals surface area contributed by atoms with Gasteiger partial charge in [0.2, 0.25) is 5.91 Å². The zero-order chi connectivity index (χ0) is 22.9. The zero-order valence-corrected chi connectivity index (χ0v) is 19.8. The lowest BCUT2D eigenvalue weighted by molar-refractivity contribution is -0.124. The van der Waals surface area contributed by atoms with Crippen molar-refractivity contribution in [2.24, 2.45) is 0 Å². The van der Waals surface area contributed by atoms with Crippen LogP contribution < -0.4 is 21.5 Å². The smallest absolute Gasteiger partial charge is 0.294 e. The van der Waals surface area contributed by atoms with Crippen LogP contribution >= 0.6 is 11.3 Å². The van der Waals surface area contributed by atoms with Crippen molar-refractivity contribution >= 4 is 23.1 Å². The molecular formula is C25H29N5O2S. The summed E-state index contributed by atoms with van der Waals surface area (Å²) in [6, 6.07) is 9.95. The van der Waals surface area contributed by atoms with Gasteiger partial charge < -0.3 is 16.0 Å². The van der Waals surface area contributed by atoms with Crippen LogP contribution in [0, 0.1) is 6.92 Å². The minimum absolute atomic E-state index is 0.0200. The van der Waals surface area contributed by atoms with E-state index in [2.05, 4.69) is 65.1 Å². The molecule has 2 aromatic heterocycles. The van der Waals surface area contributed by atoms with Crippen molar-refractivity contribution in [1.29, 1.82) is 0 Å². The summed E-state index contributed by atoms with van der Waals surface area (Å²) in [5.41, 5.74) is 4.23. The second-order valence-corrected chi connectivity index (χ2v) is 10.0. The van der Waals surface area contributed by atoms with E-state index in [0.29, 0.717) is 25.2 Å². The Morgan fingerprint density at radius 2 is 2.12 bits per heavy atom. The van der Waals surface area contributed by atoms with Crippen LogP contribution in [0.4, 0.5) is 5.82 Å². The van der Waals surface area contributed by atoms with Gasteiger partial charge in [0.25, 0.3) is 5.56 Å². The molecule has 0 bridgehead atoms. The molecule has 0 fully saturated rings. The standard InChI is InChI=1S/C25H29N5O2S/c1-3-20(16-6-4-15(2)5-7-16)29-23-25(32)30-18(12-27-23)8-9-21(30)24(31)28-13-19-10-17-11-26-14-22(17)33-19/h4-7,10,12,20-21,26H,3,8-9,11,13-14H2,1-2H3,(H,27,29)(H,28,31)/t20-,21+/m1/s1. The number of hydrogen-bond donors (Lipinski definition) is 3. The number of aryl methyl sites for hydroxylation is 2. The quantitative estimate of drug-likeness (QED) is 0.499. The highest BCUT2D eigenvalue weighted by Gasteiger charge is 2.31. The molecule has 1 amide bonds. The van der Waals surface area contributed by atoms with Crippen LogP contribution in [-0.4, -0.2) is 15.5 Å². The monoisotopic (exact) mass is 463 g/mol. The van der Waals surface area contributed by atoms with Gasteiger partial charge in [0.1, 0.15) is 6.04 Å². The number of hydrogen-bond acceptors (Lipinski definition) is 6. The molecule has 0 saturated carbocycles. The fourth-order valence-electron chi connectivity index (χ4n) is 4.69. The summed E-state index contributed by atoms with van der Waals surface area (Å²) in [4.78, 5) is 33.3. The van der Waals surface area contributed by atoms with Crippen molar-refractivity contribution < 1.29 is 4.79 Å². The molecular weight excluding hydrogens is 434 g/mol. The van der Waals surface area contributed by atoms with Crippen molar-refractivity contribution in [2.75, 3.05) is 5.32 Å². The summed E-state index contributed by atoms with van der Waals surface area (Å²) >= 11 is 1.74. The molecule has 5 rings (SSSR count). The van der Waals surface area contributed by atoms with Crippen LogP contribution in [0.3, 0.4) is 0 Å². The van der Waals surface area contributed by atoms with Gasteiger partial charge in [-0.1, -0.05) is 36.8 Å². The van der Waals surface area contributed by atoms with Crippen LogP contribution in [0.2, 0.25) is 0 Å². The first-order chi connectivity index (χ1) is 16.0. The Labute approximate surface area is 197 Å². The molecule has 7 nitrogen and oxygen atoms in total. The number of anilines is 1. The molecule has 1 aromatic carbocycles. The topological polar surface area (TPSA) is 88.0 Å². The summed E-state index contributed by atoms with van der Waals surface area (Å²) < 4.78 is 1.63. The van der Waals surface area contributed by atoms with E-state index in [1.54, 1.807) is 22.1 Å². The third-order valence-electron chi connectivity index (χ3n) is 6.55. The van der Waals surface area contributed by atoms with E-state index < -0.39 is 6.04 Å². The Morgan fingerprint density at radius 1 is 1.30 bits per heavy atom. The third kappa shape index (κ3) is 4.32. The van der Waals surface area contributed by atoms with Gasteiger partial charge in [-0.15, -0.1) is 11.3 Å². The molecule has 2 atom stereocenters. The van der Waals surface area contributed by atoms with Gasteiger partial charge in [-0.25, -0.2) is 4.98 Å². The molecule has 0 spiro atoms. The van der Waals surface area contributed by atoms with Gasteiger partial charge in [-0.05, 0) is 43.4 Å². The minimum atomic E-state index is -0.496. The van der Waals surface area contributed by atoms with Gasteiger partial charge in [-0.2, -0.15) is 0 Å². The molecule has 8 heteroatoms. The van der Waals surface area contributed by atoms with Crippen LogP contribution in [-0.2, 0) is 30.8 Å². The fraction of sp³-hybridized carbons (Fsp3) is 0.400. The molecule has 3 N–H and O–H groups in total. The molecule has 3 aromatic rings. The largest absolute Gasteiger partial charge is 0.359 e. The van der Waals surface area contributed by atoms with E-state index in [0.717, 1.165) is 35.6 Å². The van der Waals surface area contributed by atoms with Crippen molar-refractivity contribution in [3.63, 3.8) is 0 Å². The number of rotatable bonds is 7. The van der Waals surface area contributed by atoms with E-state index in [1.807, 2.05) is 0 Å². The first-order valence-corrected chi connectivity index (χ1v) is 12.4. The van der Waals surface area contributed by atoms with Crippen molar-refractivity contribution in [3.05, 3.63) is 79.0 Å². The maximum absolute atomic E-state index is 13.3. The maximum atomic E-state index is 13.3. The average Bonchev–Trinajstić information content (AvgIpc) is 3.53. The lowest BCUT2D eigenvalue weighted by atomic mass is 10.0. The fourth-order valence-corrected chi connectivity index (χ4v) is 5.79. The first-order valence-electron chi connectivity index (χ1n) is 11.6. The van der Waals surface area contributed by atoms with Gasteiger partial charge in [0.15, 0.2) is 5.82 Å². The number of nitrogens with zero attached hydrogens (tertiary/aromatic N) is 2. The molecule has 2 aliphatic rings. The van der Waals surface area contributed by atoms with Gasteiger partial charge in [0.05, 0.1) is 12.6 Å². The Hall–Kier alpha value is -2.97. The van der Waals surface area contributed by atoms with Gasteiger partial charge >= 0.3 is 0 Å². The number of nitrogens with one attached hydrogen (secondary N) is 3. The molecule has 0 saturated heterocycles. The van der Waals surface area contributed by atoms with Crippen LogP contribution in [0.1, 0.15) is 64.0 Å². The van der Waals surface area contributed by atoms with Crippen LogP contribution in [0.25, 0.3) is 0 Å². The Bertz CT molecular complexity index is 1210. The number of carbonyl (C=O) groups excluding carboxylic acids is 1. The molecule has 172 valence electrons. The van der Waals surface area contributed by atoms with Crippen molar-refractivity contribution in [3.8, 4) is 0 Å². The van der Waals surface area contributed by atoms with E-state index in [9.17, 15) is 9.59 Å². The van der Waals surface area contributed by atoms with E-state index in [1.165, 1.54) is 16.0 Å². The summed E-state index contributed by atoms with van der Waals surface area (Å²) in [6.45, 7) is 6.44. The lowest BCUT2D eigenvalue weighted by Crippen LogP contribution is -2.36. The number of carbonyl (C=O) groups is 1.